The highest BCUT2D eigenvalue weighted by atomic mass is 127. The van der Waals surface area contributed by atoms with E-state index in [9.17, 15) is 18.9 Å². The Bertz CT molecular complexity index is 388. The highest BCUT2D eigenvalue weighted by Gasteiger charge is 2.22. The van der Waals surface area contributed by atoms with Gasteiger partial charge in [-0.3, -0.25) is 10.1 Å². The molecule has 0 aliphatic carbocycles. The lowest BCUT2D eigenvalue weighted by Gasteiger charge is -2.03. The molecule has 8 heteroatoms. The third-order valence-electron chi connectivity index (χ3n) is 1.37. The predicted molar refractivity (Wildman–Crippen MR) is 56.3 cm³/mol. The first kappa shape index (κ1) is 11.7. The van der Waals surface area contributed by atoms with Gasteiger partial charge in [-0.05, 0) is 38.5 Å². The largest absolute Gasteiger partial charge is 0.302 e. The Balaban J connectivity index is 3.33. The fraction of sp³-hybridized carbons (Fsp3) is 0.167. The molecule has 0 atom stereocenters. The number of aromatic nitrogens is 1. The molecule has 1 rings (SSSR count). The average molecular weight is 379 g/mol. The fourth-order valence-electron chi connectivity index (χ4n) is 0.748. The van der Waals surface area contributed by atoms with E-state index in [0.717, 1.165) is 6.20 Å². The molecule has 0 aromatic carbocycles. The zero-order valence-electron chi connectivity index (χ0n) is 6.38. The van der Waals surface area contributed by atoms with Crippen LogP contribution >= 0.6 is 38.5 Å². The minimum atomic E-state index is -2.74. The van der Waals surface area contributed by atoms with E-state index in [1.165, 1.54) is 0 Å². The molecular formula is C6H2BrF2IN2O2. The summed E-state index contributed by atoms with van der Waals surface area (Å²) in [4.78, 5) is 13.0. The Morgan fingerprint density at radius 1 is 1.64 bits per heavy atom. The van der Waals surface area contributed by atoms with Crippen LogP contribution < -0.4 is 0 Å². The van der Waals surface area contributed by atoms with Gasteiger partial charge in [0.2, 0.25) is 0 Å². The van der Waals surface area contributed by atoms with Gasteiger partial charge in [-0.2, -0.15) is 0 Å². The van der Waals surface area contributed by atoms with Gasteiger partial charge in [-0.15, -0.1) is 0 Å². The molecule has 1 aromatic rings. The second kappa shape index (κ2) is 4.43. The van der Waals surface area contributed by atoms with Crippen LogP contribution in [0.4, 0.5) is 14.5 Å². The van der Waals surface area contributed by atoms with Gasteiger partial charge in [0.15, 0.2) is 0 Å². The maximum Gasteiger partial charge on any atom is 0.302 e. The monoisotopic (exact) mass is 378 g/mol. The van der Waals surface area contributed by atoms with Crippen molar-refractivity contribution in [3.63, 3.8) is 0 Å². The summed E-state index contributed by atoms with van der Waals surface area (Å²) >= 11 is 4.46. The first-order valence-corrected chi connectivity index (χ1v) is 5.08. The van der Waals surface area contributed by atoms with E-state index in [1.807, 2.05) is 0 Å². The van der Waals surface area contributed by atoms with Gasteiger partial charge in [0.25, 0.3) is 6.43 Å². The van der Waals surface area contributed by atoms with E-state index >= 15 is 0 Å². The molecule has 14 heavy (non-hydrogen) atoms. The van der Waals surface area contributed by atoms with Gasteiger partial charge < -0.3 is 0 Å². The number of nitrogens with zero attached hydrogens (tertiary/aromatic N) is 2. The van der Waals surface area contributed by atoms with Gasteiger partial charge in [0.05, 0.1) is 8.49 Å². The maximum atomic E-state index is 12.3. The Labute approximate surface area is 99.1 Å². The summed E-state index contributed by atoms with van der Waals surface area (Å²) < 4.78 is 24.7. The molecule has 1 heterocycles. The third kappa shape index (κ3) is 2.16. The molecule has 0 N–H and O–H groups in total. The minimum absolute atomic E-state index is 0.0356. The lowest BCUT2D eigenvalue weighted by Crippen LogP contribution is -1.99. The zero-order chi connectivity index (χ0) is 10.9. The minimum Gasteiger partial charge on any atom is -0.258 e. The lowest BCUT2D eigenvalue weighted by atomic mass is 10.3. The van der Waals surface area contributed by atoms with Crippen molar-refractivity contribution in [3.05, 3.63) is 30.0 Å². The van der Waals surface area contributed by atoms with Crippen LogP contribution in [0.25, 0.3) is 0 Å². The van der Waals surface area contributed by atoms with Gasteiger partial charge in [-0.25, -0.2) is 13.8 Å². The molecule has 0 radical (unpaired) electrons. The van der Waals surface area contributed by atoms with Crippen LogP contribution in [0, 0.1) is 13.7 Å². The van der Waals surface area contributed by atoms with Crippen molar-refractivity contribution in [2.45, 2.75) is 6.43 Å². The van der Waals surface area contributed by atoms with Crippen molar-refractivity contribution in [1.82, 2.24) is 4.98 Å². The average Bonchev–Trinajstić information content (AvgIpc) is 2.08. The first-order chi connectivity index (χ1) is 6.45. The van der Waals surface area contributed by atoms with Gasteiger partial charge in [0.1, 0.15) is 16.4 Å². The van der Waals surface area contributed by atoms with Crippen molar-refractivity contribution in [3.8, 4) is 0 Å². The summed E-state index contributed by atoms with van der Waals surface area (Å²) in [6.07, 6.45) is -1.92. The molecule has 0 bridgehead atoms. The van der Waals surface area contributed by atoms with E-state index in [2.05, 4.69) is 20.9 Å². The van der Waals surface area contributed by atoms with Crippen LogP contribution in [0.1, 0.15) is 12.1 Å². The van der Waals surface area contributed by atoms with Crippen molar-refractivity contribution in [1.29, 1.82) is 0 Å². The second-order valence-corrected chi connectivity index (χ2v) is 4.09. The number of rotatable bonds is 2. The molecule has 0 spiro atoms. The summed E-state index contributed by atoms with van der Waals surface area (Å²) in [6.45, 7) is 0. The van der Waals surface area contributed by atoms with Crippen molar-refractivity contribution >= 4 is 44.2 Å². The first-order valence-electron chi connectivity index (χ1n) is 3.21. The smallest absolute Gasteiger partial charge is 0.258 e. The molecule has 0 fully saturated rings. The number of hydrogen-bond acceptors (Lipinski definition) is 3. The molecule has 0 saturated heterocycles. The normalized spacial score (nSPS) is 10.6. The molecule has 0 saturated carbocycles. The standard InChI is InChI=1S/C6H2BrF2IN2O2/c7-3-2(12(13)14)1-11-5(4(3)10)6(8)9/h1,6H. The summed E-state index contributed by atoms with van der Waals surface area (Å²) in [5, 5.41) is 10.4. The van der Waals surface area contributed by atoms with Crippen LogP contribution in [-0.2, 0) is 0 Å². The fourth-order valence-corrected chi connectivity index (χ4v) is 1.85. The highest BCUT2D eigenvalue weighted by molar-refractivity contribution is 14.1. The zero-order valence-corrected chi connectivity index (χ0v) is 10.1. The van der Waals surface area contributed by atoms with E-state index in [4.69, 9.17) is 0 Å². The number of alkyl halides is 2. The highest BCUT2D eigenvalue weighted by Crippen LogP contribution is 2.33. The van der Waals surface area contributed by atoms with Crippen LogP contribution in [0.15, 0.2) is 10.7 Å². The van der Waals surface area contributed by atoms with Crippen LogP contribution in [0.5, 0.6) is 0 Å². The number of hydrogen-bond donors (Lipinski definition) is 0. The number of pyridine rings is 1. The topological polar surface area (TPSA) is 56.0 Å². The van der Waals surface area contributed by atoms with Crippen LogP contribution in [-0.4, -0.2) is 9.91 Å². The molecule has 0 unspecified atom stereocenters. The Morgan fingerprint density at radius 2 is 2.21 bits per heavy atom. The van der Waals surface area contributed by atoms with Gasteiger partial charge in [0, 0.05) is 0 Å². The lowest BCUT2D eigenvalue weighted by molar-refractivity contribution is -0.386. The quantitative estimate of drug-likeness (QED) is 0.450. The Kier molecular flexibility index (Phi) is 3.70. The molecule has 1 aromatic heterocycles. The van der Waals surface area contributed by atoms with E-state index in [1.54, 1.807) is 22.6 Å². The van der Waals surface area contributed by atoms with E-state index in [-0.39, 0.29) is 13.7 Å². The van der Waals surface area contributed by atoms with Crippen molar-refractivity contribution in [2.75, 3.05) is 0 Å². The molecular weight excluding hydrogens is 377 g/mol. The molecule has 4 nitrogen and oxygen atoms in total. The second-order valence-electron chi connectivity index (χ2n) is 2.21. The molecule has 0 aliphatic rings. The van der Waals surface area contributed by atoms with Crippen LogP contribution in [0.2, 0.25) is 0 Å². The van der Waals surface area contributed by atoms with Crippen molar-refractivity contribution < 1.29 is 13.7 Å². The SMILES string of the molecule is O=[N+]([O-])c1cnc(C(F)F)c(I)c1Br. The Morgan fingerprint density at radius 3 is 2.64 bits per heavy atom. The van der Waals surface area contributed by atoms with Gasteiger partial charge in [-0.1, -0.05) is 0 Å². The maximum absolute atomic E-state index is 12.3. The summed E-state index contributed by atoms with van der Waals surface area (Å²) in [6, 6.07) is 0. The summed E-state index contributed by atoms with van der Waals surface area (Å²) in [7, 11) is 0. The number of nitro groups is 1. The van der Waals surface area contributed by atoms with Crippen molar-refractivity contribution in [2.24, 2.45) is 0 Å². The van der Waals surface area contributed by atoms with Crippen LogP contribution in [0.3, 0.4) is 0 Å². The summed E-state index contributed by atoms with van der Waals surface area (Å²) in [5.74, 6) is 0. The molecule has 76 valence electrons. The predicted octanol–water partition coefficient (Wildman–Crippen LogP) is 3.29. The molecule has 0 aliphatic heterocycles. The third-order valence-corrected chi connectivity index (χ3v) is 4.01. The van der Waals surface area contributed by atoms with E-state index in [0.29, 0.717) is 0 Å². The van der Waals surface area contributed by atoms with E-state index < -0.39 is 17.0 Å². The molecule has 0 amide bonds. The van der Waals surface area contributed by atoms with Gasteiger partial charge >= 0.3 is 5.69 Å². The number of halogens is 4. The summed E-state index contributed by atoms with van der Waals surface area (Å²) in [5.41, 5.74) is -0.776. The Hall–Kier alpha value is -0.380.